The molecule has 0 amide bonds. The number of furan rings is 2. The number of aromatic nitrogens is 2. The highest BCUT2D eigenvalue weighted by atomic mass is 16.3. The number of fused-ring (bicyclic) bond motifs is 12. The second kappa shape index (κ2) is 9.15. The summed E-state index contributed by atoms with van der Waals surface area (Å²) in [6.45, 7) is 0. The zero-order valence-electron chi connectivity index (χ0n) is 23.9. The molecule has 6 aromatic carbocycles. The van der Waals surface area contributed by atoms with Crippen molar-refractivity contribution in [2.75, 3.05) is 4.90 Å². The number of anilines is 3. The van der Waals surface area contributed by atoms with Crippen LogP contribution in [0, 0.1) is 0 Å². The van der Waals surface area contributed by atoms with Gasteiger partial charge in [-0.25, -0.2) is 9.97 Å². The lowest BCUT2D eigenvalue weighted by Gasteiger charge is -2.26. The quantitative estimate of drug-likeness (QED) is 0.196. The van der Waals surface area contributed by atoms with Crippen LogP contribution in [0.2, 0.25) is 0 Å². The Labute approximate surface area is 256 Å². The molecule has 5 heteroatoms. The summed E-state index contributed by atoms with van der Waals surface area (Å²) in [6.07, 6.45) is 3.66. The summed E-state index contributed by atoms with van der Waals surface area (Å²) >= 11 is 0. The van der Waals surface area contributed by atoms with Crippen LogP contribution in [-0.2, 0) is 0 Å². The molecule has 5 nitrogen and oxygen atoms in total. The summed E-state index contributed by atoms with van der Waals surface area (Å²) in [7, 11) is 0. The zero-order valence-corrected chi connectivity index (χ0v) is 23.9. The van der Waals surface area contributed by atoms with Crippen LogP contribution in [0.3, 0.4) is 0 Å². The monoisotopic (exact) mass is 577 g/mol. The van der Waals surface area contributed by atoms with Gasteiger partial charge in [-0.05, 0) is 80.8 Å². The SMILES string of the molecule is c1ccc2c(c1)oc1ncc(N(c3ccc4c5ccccc5c5ccccc5c4c3)c3cccc4oc5ncccc5c34)cc12. The van der Waals surface area contributed by atoms with Crippen molar-refractivity contribution in [1.29, 1.82) is 0 Å². The lowest BCUT2D eigenvalue weighted by atomic mass is 9.94. The number of benzene rings is 6. The van der Waals surface area contributed by atoms with Gasteiger partial charge in [-0.2, -0.15) is 0 Å². The van der Waals surface area contributed by atoms with Crippen LogP contribution in [0.5, 0.6) is 0 Å². The molecule has 0 aliphatic heterocycles. The first-order valence-electron chi connectivity index (χ1n) is 15.0. The predicted molar refractivity (Wildman–Crippen MR) is 184 cm³/mol. The molecule has 0 radical (unpaired) electrons. The summed E-state index contributed by atoms with van der Waals surface area (Å²) in [4.78, 5) is 11.6. The molecule has 4 aromatic heterocycles. The fourth-order valence-corrected chi connectivity index (χ4v) is 7.01. The van der Waals surface area contributed by atoms with Crippen molar-refractivity contribution in [3.8, 4) is 0 Å². The smallest absolute Gasteiger partial charge is 0.227 e. The molecule has 4 heterocycles. The standard InChI is InChI=1S/C40H23N3O2/c1-2-11-28-26(9-1)27-10-3-4-12-29(27)33-21-24(18-19-30(28)33)43(25-22-34-31-13-5-6-16-36(31)44-40(34)42-23-25)35-15-7-17-37-38(35)32-14-8-20-41-39(32)45-37/h1-23H. The third-order valence-electron chi connectivity index (χ3n) is 8.96. The zero-order chi connectivity index (χ0) is 29.5. The van der Waals surface area contributed by atoms with E-state index >= 15 is 0 Å². The van der Waals surface area contributed by atoms with Crippen molar-refractivity contribution in [1.82, 2.24) is 9.97 Å². The van der Waals surface area contributed by atoms with E-state index in [1.165, 1.54) is 32.3 Å². The van der Waals surface area contributed by atoms with E-state index in [-0.39, 0.29) is 0 Å². The normalized spacial score (nSPS) is 12.0. The van der Waals surface area contributed by atoms with Gasteiger partial charge >= 0.3 is 0 Å². The van der Waals surface area contributed by atoms with Crippen LogP contribution in [0.4, 0.5) is 17.1 Å². The van der Waals surface area contributed by atoms with E-state index in [0.717, 1.165) is 49.8 Å². The molecular formula is C40H23N3O2. The van der Waals surface area contributed by atoms with E-state index in [1.54, 1.807) is 6.20 Å². The molecule has 0 bridgehead atoms. The van der Waals surface area contributed by atoms with Gasteiger partial charge in [-0.3, -0.25) is 0 Å². The van der Waals surface area contributed by atoms with Crippen molar-refractivity contribution < 1.29 is 8.83 Å². The maximum atomic E-state index is 6.24. The Hall–Kier alpha value is -6.20. The van der Waals surface area contributed by atoms with Gasteiger partial charge in [0, 0.05) is 17.3 Å². The topological polar surface area (TPSA) is 55.3 Å². The third-order valence-corrected chi connectivity index (χ3v) is 8.96. The Balaban J connectivity index is 1.32. The van der Waals surface area contributed by atoms with Gasteiger partial charge in [0.1, 0.15) is 11.2 Å². The molecule has 10 aromatic rings. The summed E-state index contributed by atoms with van der Waals surface area (Å²) in [5.41, 5.74) is 5.76. The van der Waals surface area contributed by atoms with Gasteiger partial charge in [0.15, 0.2) is 0 Å². The summed E-state index contributed by atoms with van der Waals surface area (Å²) in [5.74, 6) is 0. The van der Waals surface area contributed by atoms with Crippen molar-refractivity contribution in [2.45, 2.75) is 0 Å². The molecule has 0 saturated carbocycles. The molecule has 0 N–H and O–H groups in total. The van der Waals surface area contributed by atoms with Crippen LogP contribution < -0.4 is 4.90 Å². The molecule has 0 unspecified atom stereocenters. The van der Waals surface area contributed by atoms with Crippen LogP contribution in [0.25, 0.3) is 76.5 Å². The maximum Gasteiger partial charge on any atom is 0.227 e. The molecule has 0 atom stereocenters. The number of para-hydroxylation sites is 1. The van der Waals surface area contributed by atoms with Crippen molar-refractivity contribution in [2.24, 2.45) is 0 Å². The van der Waals surface area contributed by atoms with E-state index in [0.29, 0.717) is 11.4 Å². The Morgan fingerprint density at radius 1 is 0.422 bits per heavy atom. The second-order valence-corrected chi connectivity index (χ2v) is 11.4. The molecule has 0 fully saturated rings. The van der Waals surface area contributed by atoms with Crippen LogP contribution in [0.1, 0.15) is 0 Å². The van der Waals surface area contributed by atoms with Crippen molar-refractivity contribution in [3.63, 3.8) is 0 Å². The predicted octanol–water partition coefficient (Wildman–Crippen LogP) is 11.2. The van der Waals surface area contributed by atoms with Gasteiger partial charge in [-0.15, -0.1) is 0 Å². The highest BCUT2D eigenvalue weighted by Gasteiger charge is 2.22. The van der Waals surface area contributed by atoms with Gasteiger partial charge < -0.3 is 13.7 Å². The highest BCUT2D eigenvalue weighted by Crippen LogP contribution is 2.45. The average Bonchev–Trinajstić information content (AvgIpc) is 3.67. The van der Waals surface area contributed by atoms with E-state index in [1.807, 2.05) is 42.6 Å². The average molecular weight is 578 g/mol. The minimum absolute atomic E-state index is 0.616. The Bertz CT molecular complexity index is 2760. The Morgan fingerprint density at radius 2 is 1.02 bits per heavy atom. The molecule has 0 aliphatic rings. The molecule has 45 heavy (non-hydrogen) atoms. The van der Waals surface area contributed by atoms with Gasteiger partial charge in [0.05, 0.1) is 33.7 Å². The third kappa shape index (κ3) is 3.49. The molecule has 0 saturated heterocycles. The van der Waals surface area contributed by atoms with Gasteiger partial charge in [0.2, 0.25) is 11.4 Å². The van der Waals surface area contributed by atoms with E-state index < -0.39 is 0 Å². The second-order valence-electron chi connectivity index (χ2n) is 11.4. The van der Waals surface area contributed by atoms with E-state index in [9.17, 15) is 0 Å². The summed E-state index contributed by atoms with van der Waals surface area (Å²) in [6, 6.07) is 44.6. The van der Waals surface area contributed by atoms with E-state index in [2.05, 4.69) is 101 Å². The minimum Gasteiger partial charge on any atom is -0.438 e. The van der Waals surface area contributed by atoms with Gasteiger partial charge in [0.25, 0.3) is 0 Å². The van der Waals surface area contributed by atoms with E-state index in [4.69, 9.17) is 13.8 Å². The van der Waals surface area contributed by atoms with Crippen molar-refractivity contribution >= 4 is 93.5 Å². The first-order valence-corrected chi connectivity index (χ1v) is 15.0. The summed E-state index contributed by atoms with van der Waals surface area (Å²) < 4.78 is 12.3. The number of rotatable bonds is 3. The Kier molecular flexibility index (Phi) is 4.93. The molecule has 0 aliphatic carbocycles. The lowest BCUT2D eigenvalue weighted by Crippen LogP contribution is -2.10. The molecule has 210 valence electrons. The number of hydrogen-bond donors (Lipinski definition) is 0. The minimum atomic E-state index is 0.616. The Morgan fingerprint density at radius 3 is 1.82 bits per heavy atom. The van der Waals surface area contributed by atoms with Gasteiger partial charge in [-0.1, -0.05) is 78.9 Å². The van der Waals surface area contributed by atoms with Crippen molar-refractivity contribution in [3.05, 3.63) is 140 Å². The number of hydrogen-bond acceptors (Lipinski definition) is 5. The lowest BCUT2D eigenvalue weighted by molar-refractivity contribution is 0.653. The number of nitrogens with zero attached hydrogens (tertiary/aromatic N) is 3. The van der Waals surface area contributed by atoms with Crippen LogP contribution in [-0.4, -0.2) is 9.97 Å². The van der Waals surface area contributed by atoms with Crippen LogP contribution >= 0.6 is 0 Å². The molecule has 10 rings (SSSR count). The fourth-order valence-electron chi connectivity index (χ4n) is 7.01. The number of pyridine rings is 2. The largest absolute Gasteiger partial charge is 0.438 e. The maximum absolute atomic E-state index is 6.24. The first kappa shape index (κ1) is 24.3. The first-order chi connectivity index (χ1) is 22.3. The molecule has 0 spiro atoms. The fraction of sp³-hybridized carbons (Fsp3) is 0. The molecular weight excluding hydrogens is 554 g/mol. The summed E-state index contributed by atoms with van der Waals surface area (Å²) in [5, 5.41) is 11.4. The highest BCUT2D eigenvalue weighted by molar-refractivity contribution is 6.26. The van der Waals surface area contributed by atoms with Crippen LogP contribution in [0.15, 0.2) is 149 Å².